The average molecular weight is 314 g/mol. The summed E-state index contributed by atoms with van der Waals surface area (Å²) in [5, 5.41) is 0. The highest BCUT2D eigenvalue weighted by atomic mass is 16.2. The molecule has 4 heteroatoms. The van der Waals surface area contributed by atoms with Crippen molar-refractivity contribution in [3.05, 3.63) is 35.4 Å². The Kier molecular flexibility index (Phi) is 4.42. The highest BCUT2D eigenvalue weighted by Crippen LogP contribution is 2.42. The molecule has 2 N–H and O–H groups in total. The summed E-state index contributed by atoms with van der Waals surface area (Å²) in [5.41, 5.74) is 7.89. The fraction of sp³-hybridized carbons (Fsp3) is 0.579. The van der Waals surface area contributed by atoms with Crippen LogP contribution in [0.4, 0.5) is 0 Å². The number of nitrogens with two attached hydrogens (primary N) is 1. The first-order valence-corrected chi connectivity index (χ1v) is 8.65. The number of rotatable bonds is 4. The van der Waals surface area contributed by atoms with Crippen molar-refractivity contribution in [1.29, 1.82) is 0 Å². The molecule has 3 rings (SSSR count). The quantitative estimate of drug-likeness (QED) is 0.928. The number of nitrogens with zero attached hydrogens (tertiary/aromatic N) is 1. The molecule has 23 heavy (non-hydrogen) atoms. The van der Waals surface area contributed by atoms with Crippen LogP contribution >= 0.6 is 0 Å². The molecule has 0 unspecified atom stereocenters. The van der Waals surface area contributed by atoms with Crippen molar-refractivity contribution in [1.82, 2.24) is 4.90 Å². The highest BCUT2D eigenvalue weighted by molar-refractivity contribution is 5.88. The van der Waals surface area contributed by atoms with Gasteiger partial charge in [0.2, 0.25) is 11.8 Å². The molecule has 0 aromatic heterocycles. The van der Waals surface area contributed by atoms with Crippen molar-refractivity contribution in [3.8, 4) is 0 Å². The van der Waals surface area contributed by atoms with E-state index in [1.54, 1.807) is 4.90 Å². The first kappa shape index (κ1) is 16.0. The Bertz CT molecular complexity index is 611. The van der Waals surface area contributed by atoms with Gasteiger partial charge in [-0.05, 0) is 41.7 Å². The van der Waals surface area contributed by atoms with Crippen molar-refractivity contribution in [2.75, 3.05) is 6.54 Å². The van der Waals surface area contributed by atoms with E-state index in [0.29, 0.717) is 24.8 Å². The van der Waals surface area contributed by atoms with Crippen molar-refractivity contribution in [2.24, 2.45) is 17.6 Å². The van der Waals surface area contributed by atoms with E-state index in [0.717, 1.165) is 24.8 Å². The van der Waals surface area contributed by atoms with Gasteiger partial charge >= 0.3 is 0 Å². The van der Waals surface area contributed by atoms with Gasteiger partial charge in [0, 0.05) is 6.54 Å². The molecule has 1 saturated carbocycles. The lowest BCUT2D eigenvalue weighted by molar-refractivity contribution is -0.137. The maximum atomic E-state index is 12.9. The van der Waals surface area contributed by atoms with E-state index < -0.39 is 6.04 Å². The molecule has 1 aliphatic carbocycles. The van der Waals surface area contributed by atoms with Crippen LogP contribution in [0.1, 0.15) is 50.2 Å². The molecule has 4 nitrogen and oxygen atoms in total. The fourth-order valence-electron chi connectivity index (χ4n) is 4.45. The number of hydrogen-bond donors (Lipinski definition) is 1. The summed E-state index contributed by atoms with van der Waals surface area (Å²) in [7, 11) is 0. The van der Waals surface area contributed by atoms with E-state index in [1.807, 2.05) is 18.2 Å². The minimum Gasteiger partial charge on any atom is -0.368 e. The Balaban J connectivity index is 1.79. The maximum absolute atomic E-state index is 12.9. The van der Waals surface area contributed by atoms with E-state index >= 15 is 0 Å². The van der Waals surface area contributed by atoms with Gasteiger partial charge in [0.15, 0.2) is 0 Å². The van der Waals surface area contributed by atoms with Gasteiger partial charge in [-0.2, -0.15) is 0 Å². The van der Waals surface area contributed by atoms with E-state index in [9.17, 15) is 9.59 Å². The first-order chi connectivity index (χ1) is 11.0. The molecule has 1 saturated heterocycles. The predicted molar refractivity (Wildman–Crippen MR) is 89.8 cm³/mol. The molecule has 0 spiro atoms. The molecular formula is C19H26N2O2. The van der Waals surface area contributed by atoms with Crippen LogP contribution < -0.4 is 5.73 Å². The zero-order valence-corrected chi connectivity index (χ0v) is 14.0. The molecule has 0 radical (unpaired) electrons. The number of fused-ring (bicyclic) bond motifs is 1. The highest BCUT2D eigenvalue weighted by Gasteiger charge is 2.48. The predicted octanol–water partition coefficient (Wildman–Crippen LogP) is 2.46. The van der Waals surface area contributed by atoms with Crippen LogP contribution in [-0.2, 0) is 16.0 Å². The Labute approximate surface area is 138 Å². The maximum Gasteiger partial charge on any atom is 0.240 e. The van der Waals surface area contributed by atoms with Gasteiger partial charge in [-0.15, -0.1) is 0 Å². The smallest absolute Gasteiger partial charge is 0.240 e. The molecule has 1 heterocycles. The van der Waals surface area contributed by atoms with Gasteiger partial charge < -0.3 is 10.6 Å². The van der Waals surface area contributed by atoms with Gasteiger partial charge in [0.1, 0.15) is 6.04 Å². The van der Waals surface area contributed by atoms with Crippen LogP contribution in [0.25, 0.3) is 0 Å². The number of carbonyl (C=O) groups excluding carboxylic acids is 2. The van der Waals surface area contributed by atoms with Gasteiger partial charge in [0.25, 0.3) is 0 Å². The van der Waals surface area contributed by atoms with Crippen LogP contribution in [0.5, 0.6) is 0 Å². The lowest BCUT2D eigenvalue weighted by Crippen LogP contribution is -2.47. The van der Waals surface area contributed by atoms with Crippen LogP contribution in [-0.4, -0.2) is 29.3 Å². The second kappa shape index (κ2) is 6.34. The van der Waals surface area contributed by atoms with Gasteiger partial charge in [0.05, 0.1) is 6.42 Å². The van der Waals surface area contributed by atoms with E-state index in [4.69, 9.17) is 5.73 Å². The van der Waals surface area contributed by atoms with Crippen molar-refractivity contribution in [3.63, 3.8) is 0 Å². The molecule has 2 amide bonds. The summed E-state index contributed by atoms with van der Waals surface area (Å²) in [6.07, 6.45) is 3.64. The Morgan fingerprint density at radius 2 is 2.00 bits per heavy atom. The fourth-order valence-corrected chi connectivity index (χ4v) is 4.45. The van der Waals surface area contributed by atoms with Crippen LogP contribution in [0.15, 0.2) is 24.3 Å². The second-order valence-electron chi connectivity index (χ2n) is 7.28. The summed E-state index contributed by atoms with van der Waals surface area (Å²) in [5.74, 6) is 0.804. The van der Waals surface area contributed by atoms with Crippen molar-refractivity contribution in [2.45, 2.75) is 51.5 Å². The van der Waals surface area contributed by atoms with Gasteiger partial charge in [-0.25, -0.2) is 0 Å². The number of carbonyl (C=O) groups is 2. The zero-order chi connectivity index (χ0) is 16.6. The Hall–Kier alpha value is -1.84. The topological polar surface area (TPSA) is 63.4 Å². The summed E-state index contributed by atoms with van der Waals surface area (Å²) in [6, 6.07) is 7.68. The molecule has 0 bridgehead atoms. The minimum atomic E-state index is -0.402. The van der Waals surface area contributed by atoms with Gasteiger partial charge in [-0.3, -0.25) is 9.59 Å². The third kappa shape index (κ3) is 2.99. The average Bonchev–Trinajstić information content (AvgIpc) is 3.07. The standard InChI is InChI=1S/C19H26N2O2/c1-12(2)15-8-4-3-6-13(15)10-17(22)21-11-14-7-5-9-16(14)18(21)19(20)23/h3-4,6,8,12,14,16,18H,5,7,9-11H2,1-2H3,(H2,20,23)/t14-,16-,18-/m0/s1. The van der Waals surface area contributed by atoms with Crippen molar-refractivity contribution < 1.29 is 9.59 Å². The molecule has 124 valence electrons. The molecule has 2 fully saturated rings. The van der Waals surface area contributed by atoms with Gasteiger partial charge in [-0.1, -0.05) is 44.5 Å². The molecule has 1 aliphatic heterocycles. The van der Waals surface area contributed by atoms with E-state index in [2.05, 4.69) is 19.9 Å². The van der Waals surface area contributed by atoms with E-state index in [1.165, 1.54) is 5.56 Å². The number of amides is 2. The summed E-state index contributed by atoms with van der Waals surface area (Å²) in [4.78, 5) is 26.5. The van der Waals surface area contributed by atoms with E-state index in [-0.39, 0.29) is 17.7 Å². The number of benzene rings is 1. The lowest BCUT2D eigenvalue weighted by atomic mass is 9.93. The minimum absolute atomic E-state index is 0.0382. The molecular weight excluding hydrogens is 288 g/mol. The summed E-state index contributed by atoms with van der Waals surface area (Å²) < 4.78 is 0. The third-order valence-corrected chi connectivity index (χ3v) is 5.52. The third-order valence-electron chi connectivity index (χ3n) is 5.52. The molecule has 1 aromatic rings. The number of likely N-dealkylation sites (tertiary alicyclic amines) is 1. The number of primary amides is 1. The largest absolute Gasteiger partial charge is 0.368 e. The Morgan fingerprint density at radius 1 is 1.26 bits per heavy atom. The Morgan fingerprint density at radius 3 is 2.70 bits per heavy atom. The number of hydrogen-bond acceptors (Lipinski definition) is 2. The molecule has 2 aliphatic rings. The van der Waals surface area contributed by atoms with Crippen molar-refractivity contribution >= 4 is 11.8 Å². The summed E-state index contributed by atoms with van der Waals surface area (Å²) in [6.45, 7) is 4.96. The SMILES string of the molecule is CC(C)c1ccccc1CC(=O)N1C[C@@H]2CCC[C@@H]2[C@H]1C(N)=O. The zero-order valence-electron chi connectivity index (χ0n) is 14.0. The summed E-state index contributed by atoms with van der Waals surface area (Å²) >= 11 is 0. The first-order valence-electron chi connectivity index (χ1n) is 8.65. The molecule has 3 atom stereocenters. The normalized spacial score (nSPS) is 26.6. The lowest BCUT2D eigenvalue weighted by Gasteiger charge is -2.26. The molecule has 1 aromatic carbocycles. The monoisotopic (exact) mass is 314 g/mol. The van der Waals surface area contributed by atoms with Crippen LogP contribution in [0, 0.1) is 11.8 Å². The van der Waals surface area contributed by atoms with Crippen LogP contribution in [0.2, 0.25) is 0 Å². The van der Waals surface area contributed by atoms with Crippen LogP contribution in [0.3, 0.4) is 0 Å². The second-order valence-corrected chi connectivity index (χ2v) is 7.28.